The van der Waals surface area contributed by atoms with E-state index in [1.54, 1.807) is 0 Å². The number of rotatable bonds is 8. The molecule has 29 heavy (non-hydrogen) atoms. The van der Waals surface area contributed by atoms with Crippen LogP contribution in [0.4, 0.5) is 0 Å². The van der Waals surface area contributed by atoms with Crippen molar-refractivity contribution in [2.24, 2.45) is 4.99 Å². The van der Waals surface area contributed by atoms with Gasteiger partial charge < -0.3 is 19.7 Å². The number of piperazine rings is 1. The van der Waals surface area contributed by atoms with Gasteiger partial charge in [0.25, 0.3) is 0 Å². The molecule has 0 amide bonds. The van der Waals surface area contributed by atoms with Crippen LogP contribution in [0.15, 0.2) is 35.3 Å². The third-order valence-electron chi connectivity index (χ3n) is 5.34. The summed E-state index contributed by atoms with van der Waals surface area (Å²) in [6.45, 7) is 11.6. The third kappa shape index (κ3) is 8.78. The highest BCUT2D eigenvalue weighted by molar-refractivity contribution is 14.0. The summed E-state index contributed by atoms with van der Waals surface area (Å²) in [6.07, 6.45) is 3.40. The molecule has 7 heteroatoms. The predicted octanol–water partition coefficient (Wildman–Crippen LogP) is 2.97. The molecule has 2 heterocycles. The number of aliphatic imine (C=N–C) groups is 1. The quantitative estimate of drug-likeness (QED) is 0.249. The average Bonchev–Trinajstić information content (AvgIpc) is 2.75. The van der Waals surface area contributed by atoms with Gasteiger partial charge in [0.15, 0.2) is 5.96 Å². The molecule has 2 saturated heterocycles. The predicted molar refractivity (Wildman–Crippen MR) is 129 cm³/mol. The summed E-state index contributed by atoms with van der Waals surface area (Å²) in [5, 5.41) is 3.46. The number of hydrogen-bond donors (Lipinski definition) is 1. The summed E-state index contributed by atoms with van der Waals surface area (Å²) >= 11 is 0. The van der Waals surface area contributed by atoms with E-state index in [-0.39, 0.29) is 24.0 Å². The second-order valence-electron chi connectivity index (χ2n) is 7.52. The van der Waals surface area contributed by atoms with Crippen LogP contribution >= 0.6 is 24.0 Å². The van der Waals surface area contributed by atoms with Crippen LogP contribution in [0.5, 0.6) is 0 Å². The van der Waals surface area contributed by atoms with Crippen molar-refractivity contribution in [1.29, 1.82) is 0 Å². The fourth-order valence-electron chi connectivity index (χ4n) is 3.73. The number of nitrogens with zero attached hydrogens (tertiary/aromatic N) is 3. The van der Waals surface area contributed by atoms with E-state index in [1.165, 1.54) is 5.56 Å². The Morgan fingerprint density at radius 1 is 1.14 bits per heavy atom. The van der Waals surface area contributed by atoms with E-state index in [4.69, 9.17) is 14.5 Å². The summed E-state index contributed by atoms with van der Waals surface area (Å²) < 4.78 is 11.3. The maximum Gasteiger partial charge on any atom is 0.194 e. The zero-order valence-electron chi connectivity index (χ0n) is 17.7. The molecule has 2 aliphatic rings. The van der Waals surface area contributed by atoms with Crippen LogP contribution in [0.2, 0.25) is 0 Å². The molecule has 0 atom stereocenters. The summed E-state index contributed by atoms with van der Waals surface area (Å²) in [6, 6.07) is 10.7. The van der Waals surface area contributed by atoms with Crippen molar-refractivity contribution in [2.75, 3.05) is 59.1 Å². The van der Waals surface area contributed by atoms with Crippen molar-refractivity contribution in [2.45, 2.75) is 38.8 Å². The molecule has 164 valence electrons. The van der Waals surface area contributed by atoms with Crippen LogP contribution in [0.3, 0.4) is 0 Å². The van der Waals surface area contributed by atoms with Gasteiger partial charge in [0.2, 0.25) is 0 Å². The van der Waals surface area contributed by atoms with E-state index in [9.17, 15) is 0 Å². The molecule has 0 saturated carbocycles. The van der Waals surface area contributed by atoms with Crippen molar-refractivity contribution in [1.82, 2.24) is 15.1 Å². The third-order valence-corrected chi connectivity index (χ3v) is 5.34. The molecule has 1 aromatic carbocycles. The second kappa shape index (κ2) is 14.2. The lowest BCUT2D eigenvalue weighted by molar-refractivity contribution is -0.0318. The number of hydrogen-bond acceptors (Lipinski definition) is 4. The molecular formula is C22H37IN4O2. The van der Waals surface area contributed by atoms with Crippen LogP contribution in [0, 0.1) is 0 Å². The van der Waals surface area contributed by atoms with Crippen LogP contribution in [0.1, 0.15) is 31.7 Å². The fourth-order valence-corrected chi connectivity index (χ4v) is 3.73. The lowest BCUT2D eigenvalue weighted by Gasteiger charge is -2.36. The van der Waals surface area contributed by atoms with Gasteiger partial charge in [0, 0.05) is 65.6 Å². The number of guanidine groups is 1. The van der Waals surface area contributed by atoms with E-state index < -0.39 is 0 Å². The van der Waals surface area contributed by atoms with Crippen molar-refractivity contribution in [3.63, 3.8) is 0 Å². The SMILES string of the molecule is CCNC(=NCCCOC1CCOCC1)N1CCN(Cc2ccccc2)CC1.I. The van der Waals surface area contributed by atoms with Gasteiger partial charge in [-0.15, -0.1) is 24.0 Å². The van der Waals surface area contributed by atoms with Crippen LogP contribution in [-0.4, -0.2) is 81.0 Å². The standard InChI is InChI=1S/C22H36N4O2.HI/c1-2-23-22(24-11-6-16-28-21-9-17-27-18-10-21)26-14-12-25(13-15-26)19-20-7-4-3-5-8-20;/h3-5,7-8,21H,2,6,9-19H2,1H3,(H,23,24);1H. The summed E-state index contributed by atoms with van der Waals surface area (Å²) in [5.74, 6) is 1.05. The Labute approximate surface area is 193 Å². The van der Waals surface area contributed by atoms with Crippen LogP contribution in [0.25, 0.3) is 0 Å². The first-order chi connectivity index (χ1) is 13.8. The van der Waals surface area contributed by atoms with E-state index in [0.717, 1.165) is 90.9 Å². The molecule has 2 fully saturated rings. The van der Waals surface area contributed by atoms with Gasteiger partial charge in [-0.1, -0.05) is 30.3 Å². The topological polar surface area (TPSA) is 49.3 Å². The molecule has 0 bridgehead atoms. The Hall–Kier alpha value is -0.900. The number of halogens is 1. The summed E-state index contributed by atoms with van der Waals surface area (Å²) in [4.78, 5) is 9.76. The second-order valence-corrected chi connectivity index (χ2v) is 7.52. The van der Waals surface area contributed by atoms with E-state index in [2.05, 4.69) is 52.4 Å². The zero-order valence-corrected chi connectivity index (χ0v) is 20.1. The maximum atomic E-state index is 5.95. The summed E-state index contributed by atoms with van der Waals surface area (Å²) in [5.41, 5.74) is 1.39. The molecule has 2 aliphatic heterocycles. The minimum atomic E-state index is 0. The van der Waals surface area contributed by atoms with E-state index in [1.807, 2.05) is 0 Å². The number of ether oxygens (including phenoxy) is 2. The fraction of sp³-hybridized carbons (Fsp3) is 0.682. The number of benzene rings is 1. The van der Waals surface area contributed by atoms with Crippen molar-refractivity contribution in [3.8, 4) is 0 Å². The Morgan fingerprint density at radius 3 is 2.55 bits per heavy atom. The minimum Gasteiger partial charge on any atom is -0.381 e. The Morgan fingerprint density at radius 2 is 1.86 bits per heavy atom. The monoisotopic (exact) mass is 516 g/mol. The highest BCUT2D eigenvalue weighted by atomic mass is 127. The van der Waals surface area contributed by atoms with Gasteiger partial charge in [-0.25, -0.2) is 0 Å². The van der Waals surface area contributed by atoms with Crippen molar-refractivity contribution < 1.29 is 9.47 Å². The normalized spacial score (nSPS) is 19.1. The highest BCUT2D eigenvalue weighted by Gasteiger charge is 2.19. The first kappa shape index (κ1) is 24.4. The van der Waals surface area contributed by atoms with Gasteiger partial charge in [0.05, 0.1) is 6.10 Å². The minimum absolute atomic E-state index is 0. The molecule has 0 spiro atoms. The first-order valence-corrected chi connectivity index (χ1v) is 10.8. The smallest absolute Gasteiger partial charge is 0.194 e. The van der Waals surface area contributed by atoms with Crippen LogP contribution < -0.4 is 5.32 Å². The Bertz CT molecular complexity index is 573. The highest BCUT2D eigenvalue weighted by Crippen LogP contribution is 2.11. The lowest BCUT2D eigenvalue weighted by Crippen LogP contribution is -2.52. The van der Waals surface area contributed by atoms with E-state index >= 15 is 0 Å². The molecule has 0 aliphatic carbocycles. The molecule has 0 aromatic heterocycles. The van der Waals surface area contributed by atoms with Gasteiger partial charge >= 0.3 is 0 Å². The molecule has 1 aromatic rings. The van der Waals surface area contributed by atoms with Crippen LogP contribution in [-0.2, 0) is 16.0 Å². The molecule has 3 rings (SSSR count). The van der Waals surface area contributed by atoms with Crippen molar-refractivity contribution in [3.05, 3.63) is 35.9 Å². The van der Waals surface area contributed by atoms with Crippen molar-refractivity contribution >= 4 is 29.9 Å². The van der Waals surface area contributed by atoms with Gasteiger partial charge in [-0.05, 0) is 31.7 Å². The average molecular weight is 516 g/mol. The van der Waals surface area contributed by atoms with E-state index in [0.29, 0.717) is 6.10 Å². The first-order valence-electron chi connectivity index (χ1n) is 10.8. The van der Waals surface area contributed by atoms with Gasteiger partial charge in [-0.2, -0.15) is 0 Å². The van der Waals surface area contributed by atoms with Gasteiger partial charge in [-0.3, -0.25) is 9.89 Å². The summed E-state index contributed by atoms with van der Waals surface area (Å²) in [7, 11) is 0. The Kier molecular flexibility index (Phi) is 11.9. The maximum absolute atomic E-state index is 5.95. The lowest BCUT2D eigenvalue weighted by atomic mass is 10.1. The molecule has 0 radical (unpaired) electrons. The largest absolute Gasteiger partial charge is 0.381 e. The zero-order chi connectivity index (χ0) is 19.4. The molecule has 0 unspecified atom stereocenters. The number of nitrogens with one attached hydrogen (secondary N) is 1. The molecular weight excluding hydrogens is 479 g/mol. The van der Waals surface area contributed by atoms with Gasteiger partial charge in [0.1, 0.15) is 0 Å². The molecule has 6 nitrogen and oxygen atoms in total. The Balaban J connectivity index is 0.00000300. The molecule has 1 N–H and O–H groups in total.